The summed E-state index contributed by atoms with van der Waals surface area (Å²) < 4.78 is 0. The molecule has 0 amide bonds. The van der Waals surface area contributed by atoms with E-state index in [2.05, 4.69) is 10.6 Å². The van der Waals surface area contributed by atoms with Crippen molar-refractivity contribution < 1.29 is 0 Å². The van der Waals surface area contributed by atoms with Crippen LogP contribution in [0.2, 0.25) is 10.0 Å². The molecule has 0 fully saturated rings. The number of nitrogens with one attached hydrogen (secondary N) is 2. The minimum atomic E-state index is 0.515. The van der Waals surface area contributed by atoms with Crippen LogP contribution in [0.25, 0.3) is 0 Å². The molecule has 2 aromatic carbocycles. The molecular weight excluding hydrogens is 311 g/mol. The first-order valence-electron chi connectivity index (χ1n) is 6.06. The number of anilines is 2. The van der Waals surface area contributed by atoms with Crippen molar-refractivity contribution >= 4 is 51.9 Å². The van der Waals surface area contributed by atoms with Gasteiger partial charge in [-0.3, -0.25) is 0 Å². The van der Waals surface area contributed by atoms with Crippen LogP contribution in [0, 0.1) is 13.8 Å². The zero-order valence-corrected chi connectivity index (χ0v) is 13.5. The van der Waals surface area contributed by atoms with Gasteiger partial charge in [-0.2, -0.15) is 0 Å². The lowest BCUT2D eigenvalue weighted by Crippen LogP contribution is -2.20. The van der Waals surface area contributed by atoms with E-state index in [9.17, 15) is 0 Å². The van der Waals surface area contributed by atoms with E-state index in [-0.39, 0.29) is 0 Å². The van der Waals surface area contributed by atoms with E-state index < -0.39 is 0 Å². The van der Waals surface area contributed by atoms with Gasteiger partial charge in [-0.05, 0) is 67.5 Å². The second-order valence-electron chi connectivity index (χ2n) is 4.50. The highest BCUT2D eigenvalue weighted by atomic mass is 35.5. The molecule has 0 aromatic heterocycles. The molecule has 0 bridgehead atoms. The number of hydrogen-bond donors (Lipinski definition) is 2. The Kier molecular flexibility index (Phi) is 4.86. The van der Waals surface area contributed by atoms with Gasteiger partial charge < -0.3 is 10.6 Å². The molecule has 0 aliphatic rings. The van der Waals surface area contributed by atoms with Crippen molar-refractivity contribution in [1.29, 1.82) is 0 Å². The second kappa shape index (κ2) is 6.44. The van der Waals surface area contributed by atoms with Gasteiger partial charge in [0.25, 0.3) is 0 Å². The van der Waals surface area contributed by atoms with Crippen LogP contribution < -0.4 is 10.6 Å². The van der Waals surface area contributed by atoms with Crippen LogP contribution >= 0.6 is 35.4 Å². The van der Waals surface area contributed by atoms with Gasteiger partial charge in [-0.1, -0.05) is 29.3 Å². The molecule has 2 aromatic rings. The number of rotatable bonds is 2. The topological polar surface area (TPSA) is 24.1 Å². The Balaban J connectivity index is 2.11. The third-order valence-electron chi connectivity index (χ3n) is 2.88. The van der Waals surface area contributed by atoms with Crippen LogP contribution in [-0.2, 0) is 0 Å². The van der Waals surface area contributed by atoms with Crippen molar-refractivity contribution in [3.8, 4) is 0 Å². The van der Waals surface area contributed by atoms with E-state index in [1.165, 1.54) is 0 Å². The predicted octanol–water partition coefficient (Wildman–Crippen LogP) is 5.42. The number of halogens is 2. The lowest BCUT2D eigenvalue weighted by Gasteiger charge is -2.14. The largest absolute Gasteiger partial charge is 0.332 e. The van der Waals surface area contributed by atoms with Crippen LogP contribution in [0.1, 0.15) is 11.1 Å². The average molecular weight is 325 g/mol. The van der Waals surface area contributed by atoms with Crippen LogP contribution in [0.4, 0.5) is 11.4 Å². The van der Waals surface area contributed by atoms with Gasteiger partial charge in [-0.15, -0.1) is 0 Å². The summed E-state index contributed by atoms with van der Waals surface area (Å²) in [6, 6.07) is 11.3. The van der Waals surface area contributed by atoms with Crippen LogP contribution in [-0.4, -0.2) is 5.11 Å². The summed E-state index contributed by atoms with van der Waals surface area (Å²) in [6.07, 6.45) is 0. The molecule has 104 valence electrons. The summed E-state index contributed by atoms with van der Waals surface area (Å²) in [5, 5.41) is 8.19. The maximum Gasteiger partial charge on any atom is 0.175 e. The highest BCUT2D eigenvalue weighted by Gasteiger charge is 2.05. The zero-order valence-electron chi connectivity index (χ0n) is 11.1. The quantitative estimate of drug-likeness (QED) is 0.721. The summed E-state index contributed by atoms with van der Waals surface area (Å²) in [7, 11) is 0. The fourth-order valence-corrected chi connectivity index (χ4v) is 2.39. The van der Waals surface area contributed by atoms with Crippen molar-refractivity contribution in [2.45, 2.75) is 13.8 Å². The molecular formula is C15H14Cl2N2S. The number of benzene rings is 2. The lowest BCUT2D eigenvalue weighted by atomic mass is 10.2. The Hall–Kier alpha value is -1.29. The van der Waals surface area contributed by atoms with Crippen molar-refractivity contribution in [1.82, 2.24) is 0 Å². The van der Waals surface area contributed by atoms with E-state index >= 15 is 0 Å². The standard InChI is InChI=1S/C15H14Cl2N2S/c1-9-3-4-12(17)8-14(9)19-15(20)18-13-6-5-11(16)7-10(13)2/h3-8H,1-2H3,(H2,18,19,20). The highest BCUT2D eigenvalue weighted by molar-refractivity contribution is 7.80. The maximum absolute atomic E-state index is 5.98. The van der Waals surface area contributed by atoms with Gasteiger partial charge in [0.05, 0.1) is 0 Å². The third kappa shape index (κ3) is 3.85. The summed E-state index contributed by atoms with van der Waals surface area (Å²) in [5.41, 5.74) is 3.92. The molecule has 2 N–H and O–H groups in total. The minimum Gasteiger partial charge on any atom is -0.332 e. The molecule has 20 heavy (non-hydrogen) atoms. The first-order valence-corrected chi connectivity index (χ1v) is 7.22. The molecule has 5 heteroatoms. The minimum absolute atomic E-state index is 0.515. The molecule has 0 radical (unpaired) electrons. The summed E-state index contributed by atoms with van der Waals surface area (Å²) >= 11 is 17.2. The normalized spacial score (nSPS) is 10.2. The van der Waals surface area contributed by atoms with Crippen molar-refractivity contribution in [2.24, 2.45) is 0 Å². The smallest absolute Gasteiger partial charge is 0.175 e. The van der Waals surface area contributed by atoms with Crippen LogP contribution in [0.15, 0.2) is 36.4 Å². The van der Waals surface area contributed by atoms with Crippen molar-refractivity contribution in [2.75, 3.05) is 10.6 Å². The SMILES string of the molecule is Cc1cc(Cl)ccc1NC(=S)Nc1cc(Cl)ccc1C. The summed E-state index contributed by atoms with van der Waals surface area (Å²) in [4.78, 5) is 0. The first-order chi connectivity index (χ1) is 9.45. The molecule has 0 unspecified atom stereocenters. The van der Waals surface area contributed by atoms with Gasteiger partial charge in [0.2, 0.25) is 0 Å². The fourth-order valence-electron chi connectivity index (χ4n) is 1.77. The Labute approximate surface area is 134 Å². The molecule has 0 atom stereocenters. The van der Waals surface area contributed by atoms with Crippen LogP contribution in [0.5, 0.6) is 0 Å². The fraction of sp³-hybridized carbons (Fsp3) is 0.133. The Morgan fingerprint density at radius 1 is 0.850 bits per heavy atom. The molecule has 0 saturated heterocycles. The molecule has 0 spiro atoms. The van der Waals surface area contributed by atoms with E-state index in [0.29, 0.717) is 15.2 Å². The molecule has 0 heterocycles. The van der Waals surface area contributed by atoms with E-state index in [1.54, 1.807) is 0 Å². The molecule has 0 aliphatic carbocycles. The zero-order chi connectivity index (χ0) is 14.7. The highest BCUT2D eigenvalue weighted by Crippen LogP contribution is 2.22. The molecule has 2 rings (SSSR count). The molecule has 2 nitrogen and oxygen atoms in total. The maximum atomic E-state index is 5.98. The number of aryl methyl sites for hydroxylation is 2. The lowest BCUT2D eigenvalue weighted by molar-refractivity contribution is 1.44. The predicted molar refractivity (Wildman–Crippen MR) is 92.2 cm³/mol. The van der Waals surface area contributed by atoms with Gasteiger partial charge in [0, 0.05) is 21.4 Å². The Morgan fingerprint density at radius 2 is 1.45 bits per heavy atom. The van der Waals surface area contributed by atoms with Gasteiger partial charge in [0.15, 0.2) is 5.11 Å². The average Bonchev–Trinajstić information content (AvgIpc) is 2.37. The Bertz CT molecular complexity index is 656. The van der Waals surface area contributed by atoms with E-state index in [1.807, 2.05) is 50.2 Å². The van der Waals surface area contributed by atoms with E-state index in [4.69, 9.17) is 35.4 Å². The summed E-state index contributed by atoms with van der Waals surface area (Å²) in [5.74, 6) is 0. The van der Waals surface area contributed by atoms with Gasteiger partial charge in [-0.25, -0.2) is 0 Å². The molecule has 0 saturated carbocycles. The monoisotopic (exact) mass is 324 g/mol. The van der Waals surface area contributed by atoms with Crippen molar-refractivity contribution in [3.05, 3.63) is 57.6 Å². The first kappa shape index (κ1) is 15.1. The van der Waals surface area contributed by atoms with Gasteiger partial charge in [0.1, 0.15) is 0 Å². The Morgan fingerprint density at radius 3 is 2.15 bits per heavy atom. The molecule has 0 aliphatic heterocycles. The number of hydrogen-bond acceptors (Lipinski definition) is 1. The van der Waals surface area contributed by atoms with Gasteiger partial charge >= 0.3 is 0 Å². The third-order valence-corrected chi connectivity index (χ3v) is 3.56. The summed E-state index contributed by atoms with van der Waals surface area (Å²) in [6.45, 7) is 3.97. The van der Waals surface area contributed by atoms with Crippen LogP contribution in [0.3, 0.4) is 0 Å². The second-order valence-corrected chi connectivity index (χ2v) is 5.78. The van der Waals surface area contributed by atoms with Crippen molar-refractivity contribution in [3.63, 3.8) is 0 Å². The van der Waals surface area contributed by atoms with E-state index in [0.717, 1.165) is 22.5 Å². The number of thiocarbonyl (C=S) groups is 1.